The first-order valence-corrected chi connectivity index (χ1v) is 6.44. The average Bonchev–Trinajstić information content (AvgIpc) is 2.74. The second kappa shape index (κ2) is 4.63. The minimum absolute atomic E-state index is 0.227. The third-order valence-electron chi connectivity index (χ3n) is 4.03. The van der Waals surface area contributed by atoms with Crippen LogP contribution in [0.3, 0.4) is 0 Å². The first-order chi connectivity index (χ1) is 8.33. The zero-order valence-electron chi connectivity index (χ0n) is 10.00. The standard InChI is InChI=1S/C15H19NO/c17-15-8-4-7-13-10-16(11-14(13)15)9-12-5-2-1-3-6-12/h1-6,8,13-15,17H,7,9-11H2. The SMILES string of the molecule is OC1C=CCC2CN(Cc3ccccc3)CC12. The van der Waals surface area contributed by atoms with Gasteiger partial charge < -0.3 is 5.11 Å². The van der Waals surface area contributed by atoms with Crippen molar-refractivity contribution in [1.29, 1.82) is 0 Å². The molecule has 1 aliphatic heterocycles. The number of hydrogen-bond acceptors (Lipinski definition) is 2. The van der Waals surface area contributed by atoms with E-state index in [1.54, 1.807) is 0 Å². The van der Waals surface area contributed by atoms with Crippen LogP contribution in [0.4, 0.5) is 0 Å². The Balaban J connectivity index is 1.65. The molecule has 0 bridgehead atoms. The number of allylic oxidation sites excluding steroid dienone is 1. The molecule has 3 rings (SSSR count). The zero-order chi connectivity index (χ0) is 11.7. The molecule has 1 aromatic carbocycles. The van der Waals surface area contributed by atoms with Gasteiger partial charge in [0.25, 0.3) is 0 Å². The Morgan fingerprint density at radius 3 is 2.76 bits per heavy atom. The summed E-state index contributed by atoms with van der Waals surface area (Å²) in [5.41, 5.74) is 1.37. The highest BCUT2D eigenvalue weighted by Gasteiger charge is 2.37. The maximum Gasteiger partial charge on any atom is 0.0764 e. The molecule has 0 radical (unpaired) electrons. The third kappa shape index (κ3) is 2.28. The lowest BCUT2D eigenvalue weighted by Gasteiger charge is -2.24. The molecule has 1 N–H and O–H groups in total. The van der Waals surface area contributed by atoms with Crippen molar-refractivity contribution in [1.82, 2.24) is 4.90 Å². The summed E-state index contributed by atoms with van der Waals surface area (Å²) in [6, 6.07) is 10.6. The maximum absolute atomic E-state index is 9.95. The van der Waals surface area contributed by atoms with Crippen LogP contribution >= 0.6 is 0 Å². The van der Waals surface area contributed by atoms with Gasteiger partial charge in [-0.05, 0) is 17.9 Å². The van der Waals surface area contributed by atoms with Crippen molar-refractivity contribution in [3.8, 4) is 0 Å². The van der Waals surface area contributed by atoms with Crippen LogP contribution < -0.4 is 0 Å². The summed E-state index contributed by atoms with van der Waals surface area (Å²) in [5.74, 6) is 1.10. The molecule has 3 unspecified atom stereocenters. The summed E-state index contributed by atoms with van der Waals surface area (Å²) in [7, 11) is 0. The fraction of sp³-hybridized carbons (Fsp3) is 0.467. The molecular formula is C15H19NO. The van der Waals surface area contributed by atoms with Gasteiger partial charge in [-0.15, -0.1) is 0 Å². The Morgan fingerprint density at radius 2 is 2.00 bits per heavy atom. The molecule has 0 spiro atoms. The van der Waals surface area contributed by atoms with Crippen LogP contribution in [0.1, 0.15) is 12.0 Å². The smallest absolute Gasteiger partial charge is 0.0764 e. The van der Waals surface area contributed by atoms with Crippen molar-refractivity contribution < 1.29 is 5.11 Å². The summed E-state index contributed by atoms with van der Waals surface area (Å²) < 4.78 is 0. The van der Waals surface area contributed by atoms with E-state index in [0.717, 1.165) is 26.1 Å². The van der Waals surface area contributed by atoms with E-state index in [1.165, 1.54) is 5.56 Å². The average molecular weight is 229 g/mol. The van der Waals surface area contributed by atoms with Crippen LogP contribution in [0, 0.1) is 11.8 Å². The maximum atomic E-state index is 9.95. The van der Waals surface area contributed by atoms with Crippen LogP contribution in [0.25, 0.3) is 0 Å². The predicted octanol–water partition coefficient (Wildman–Crippen LogP) is 2.06. The summed E-state index contributed by atoms with van der Waals surface area (Å²) >= 11 is 0. The summed E-state index contributed by atoms with van der Waals surface area (Å²) in [6.45, 7) is 3.17. The first kappa shape index (κ1) is 11.0. The number of aliphatic hydroxyl groups excluding tert-OH is 1. The highest BCUT2D eigenvalue weighted by molar-refractivity contribution is 5.15. The van der Waals surface area contributed by atoms with E-state index in [9.17, 15) is 5.11 Å². The Morgan fingerprint density at radius 1 is 1.18 bits per heavy atom. The van der Waals surface area contributed by atoms with Gasteiger partial charge in [-0.3, -0.25) is 4.90 Å². The number of aliphatic hydroxyl groups is 1. The number of rotatable bonds is 2. The largest absolute Gasteiger partial charge is 0.389 e. The Bertz CT molecular complexity index is 401. The molecule has 2 nitrogen and oxygen atoms in total. The fourth-order valence-corrected chi connectivity index (χ4v) is 3.13. The predicted molar refractivity (Wildman–Crippen MR) is 68.5 cm³/mol. The molecule has 1 heterocycles. The van der Waals surface area contributed by atoms with Gasteiger partial charge in [0.2, 0.25) is 0 Å². The van der Waals surface area contributed by atoms with Crippen LogP contribution in [0.2, 0.25) is 0 Å². The van der Waals surface area contributed by atoms with Gasteiger partial charge >= 0.3 is 0 Å². The van der Waals surface area contributed by atoms with Gasteiger partial charge in [-0.2, -0.15) is 0 Å². The summed E-state index contributed by atoms with van der Waals surface area (Å²) in [4.78, 5) is 2.47. The van der Waals surface area contributed by atoms with Gasteiger partial charge in [-0.1, -0.05) is 42.5 Å². The number of hydrogen-bond donors (Lipinski definition) is 1. The number of nitrogens with zero attached hydrogens (tertiary/aromatic N) is 1. The topological polar surface area (TPSA) is 23.5 Å². The fourth-order valence-electron chi connectivity index (χ4n) is 3.13. The van der Waals surface area contributed by atoms with Crippen molar-refractivity contribution in [3.63, 3.8) is 0 Å². The Hall–Kier alpha value is -1.12. The van der Waals surface area contributed by atoms with Crippen molar-refractivity contribution in [2.45, 2.75) is 19.1 Å². The molecular weight excluding hydrogens is 210 g/mol. The van der Waals surface area contributed by atoms with E-state index < -0.39 is 0 Å². The molecule has 1 aliphatic carbocycles. The molecule has 1 saturated heterocycles. The van der Waals surface area contributed by atoms with Crippen LogP contribution in [-0.4, -0.2) is 29.2 Å². The highest BCUT2D eigenvalue weighted by atomic mass is 16.3. The minimum atomic E-state index is -0.227. The van der Waals surface area contributed by atoms with Crippen LogP contribution in [0.5, 0.6) is 0 Å². The van der Waals surface area contributed by atoms with Crippen molar-refractivity contribution in [2.24, 2.45) is 11.8 Å². The van der Waals surface area contributed by atoms with Gasteiger partial charge in [-0.25, -0.2) is 0 Å². The third-order valence-corrected chi connectivity index (χ3v) is 4.03. The monoisotopic (exact) mass is 229 g/mol. The molecule has 1 fully saturated rings. The van der Waals surface area contributed by atoms with E-state index in [-0.39, 0.29) is 6.10 Å². The summed E-state index contributed by atoms with van der Waals surface area (Å²) in [5, 5.41) is 9.95. The normalized spacial score (nSPS) is 32.6. The van der Waals surface area contributed by atoms with Crippen LogP contribution in [-0.2, 0) is 6.54 Å². The van der Waals surface area contributed by atoms with E-state index in [4.69, 9.17) is 0 Å². The van der Waals surface area contributed by atoms with E-state index in [0.29, 0.717) is 11.8 Å². The van der Waals surface area contributed by atoms with E-state index >= 15 is 0 Å². The van der Waals surface area contributed by atoms with Crippen molar-refractivity contribution in [2.75, 3.05) is 13.1 Å². The zero-order valence-corrected chi connectivity index (χ0v) is 10.00. The first-order valence-electron chi connectivity index (χ1n) is 6.44. The van der Waals surface area contributed by atoms with E-state index in [1.807, 2.05) is 6.08 Å². The van der Waals surface area contributed by atoms with Gasteiger partial charge in [0.05, 0.1) is 6.10 Å². The molecule has 2 heteroatoms. The lowest BCUT2D eigenvalue weighted by atomic mass is 9.84. The molecule has 17 heavy (non-hydrogen) atoms. The number of benzene rings is 1. The lowest BCUT2D eigenvalue weighted by Crippen LogP contribution is -2.28. The molecule has 90 valence electrons. The number of fused-ring (bicyclic) bond motifs is 1. The van der Waals surface area contributed by atoms with Crippen LogP contribution in [0.15, 0.2) is 42.5 Å². The Labute approximate surface area is 103 Å². The van der Waals surface area contributed by atoms with Gasteiger partial charge in [0.1, 0.15) is 0 Å². The molecule has 0 amide bonds. The van der Waals surface area contributed by atoms with E-state index in [2.05, 4.69) is 41.3 Å². The molecule has 0 saturated carbocycles. The Kier molecular flexibility index (Phi) is 3.00. The highest BCUT2D eigenvalue weighted by Crippen LogP contribution is 2.33. The molecule has 1 aromatic rings. The lowest BCUT2D eigenvalue weighted by molar-refractivity contribution is 0.125. The van der Waals surface area contributed by atoms with Gasteiger partial charge in [0, 0.05) is 25.6 Å². The second-order valence-corrected chi connectivity index (χ2v) is 5.26. The molecule has 3 atom stereocenters. The van der Waals surface area contributed by atoms with Crippen molar-refractivity contribution in [3.05, 3.63) is 48.0 Å². The van der Waals surface area contributed by atoms with Crippen molar-refractivity contribution >= 4 is 0 Å². The number of likely N-dealkylation sites (tertiary alicyclic amines) is 1. The quantitative estimate of drug-likeness (QED) is 0.785. The molecule has 2 aliphatic rings. The summed E-state index contributed by atoms with van der Waals surface area (Å²) in [6.07, 6.45) is 5.01. The minimum Gasteiger partial charge on any atom is -0.389 e. The second-order valence-electron chi connectivity index (χ2n) is 5.26. The molecule has 0 aromatic heterocycles. The van der Waals surface area contributed by atoms with Gasteiger partial charge in [0.15, 0.2) is 0 Å².